The van der Waals surface area contributed by atoms with Crippen molar-refractivity contribution in [2.24, 2.45) is 0 Å². The van der Waals surface area contributed by atoms with E-state index in [2.05, 4.69) is 5.32 Å². The molecule has 2 aromatic rings. The molecule has 0 bridgehead atoms. The Morgan fingerprint density at radius 2 is 1.83 bits per heavy atom. The Balaban J connectivity index is 1.74. The Morgan fingerprint density at radius 1 is 1.12 bits per heavy atom. The first-order valence-electron chi connectivity index (χ1n) is 6.72. The largest absolute Gasteiger partial charge is 0.490 e. The molecule has 0 spiro atoms. The number of rotatable bonds is 6. The van der Waals surface area contributed by atoms with Gasteiger partial charge < -0.3 is 9.47 Å². The number of amides is 1. The van der Waals surface area contributed by atoms with Crippen molar-refractivity contribution in [3.05, 3.63) is 64.2 Å². The van der Waals surface area contributed by atoms with Gasteiger partial charge in [-0.3, -0.25) is 15.4 Å². The number of non-ortho nitro benzene ring substituents is 1. The summed E-state index contributed by atoms with van der Waals surface area (Å²) in [5, 5.41) is 12.6. The van der Waals surface area contributed by atoms with E-state index in [0.717, 1.165) is 18.2 Å². The van der Waals surface area contributed by atoms with Gasteiger partial charge in [0, 0.05) is 18.2 Å². The molecule has 0 radical (unpaired) electrons. The molecule has 1 N–H and O–H groups in total. The molecule has 0 fully saturated rings. The zero-order chi connectivity index (χ0) is 17.5. The Bertz CT molecular complexity index is 737. The van der Waals surface area contributed by atoms with Crippen LogP contribution in [0.1, 0.15) is 0 Å². The molecule has 0 aliphatic rings. The summed E-state index contributed by atoms with van der Waals surface area (Å²) in [6.07, 6.45) is -0.966. The van der Waals surface area contributed by atoms with Crippen molar-refractivity contribution in [1.82, 2.24) is 0 Å². The third-order valence-corrected chi connectivity index (χ3v) is 2.80. The number of nitro benzene ring substituents is 1. The Hall–Kier alpha value is -3.23. The van der Waals surface area contributed by atoms with Crippen molar-refractivity contribution in [2.75, 3.05) is 18.5 Å². The summed E-state index contributed by atoms with van der Waals surface area (Å²) in [5.41, 5.74) is -0.411. The quantitative estimate of drug-likeness (QED) is 0.494. The Labute approximate surface area is 135 Å². The average Bonchev–Trinajstić information content (AvgIpc) is 2.55. The SMILES string of the molecule is O=C(Nc1cc(F)ccc1F)OCCOc1ccc([N+](=O)[O-])cc1. The third kappa shape index (κ3) is 4.90. The maximum atomic E-state index is 13.3. The second kappa shape index (κ2) is 7.86. The van der Waals surface area contributed by atoms with E-state index in [1.165, 1.54) is 24.3 Å². The van der Waals surface area contributed by atoms with Gasteiger partial charge in [-0.05, 0) is 24.3 Å². The number of carbonyl (C=O) groups excluding carboxylic acids is 1. The van der Waals surface area contributed by atoms with Crippen LogP contribution in [0.25, 0.3) is 0 Å². The van der Waals surface area contributed by atoms with Gasteiger partial charge in [-0.1, -0.05) is 0 Å². The van der Waals surface area contributed by atoms with Gasteiger partial charge in [0.1, 0.15) is 30.6 Å². The summed E-state index contributed by atoms with van der Waals surface area (Å²) < 4.78 is 36.2. The number of anilines is 1. The summed E-state index contributed by atoms with van der Waals surface area (Å²) in [6, 6.07) is 7.97. The zero-order valence-corrected chi connectivity index (χ0v) is 12.2. The van der Waals surface area contributed by atoms with E-state index in [0.29, 0.717) is 5.75 Å². The van der Waals surface area contributed by atoms with Crippen molar-refractivity contribution in [2.45, 2.75) is 0 Å². The van der Waals surface area contributed by atoms with Crippen LogP contribution in [0, 0.1) is 21.7 Å². The minimum atomic E-state index is -0.966. The van der Waals surface area contributed by atoms with Crippen LogP contribution in [0.5, 0.6) is 5.75 Å². The first-order chi connectivity index (χ1) is 11.5. The fourth-order valence-electron chi connectivity index (χ4n) is 1.70. The molecule has 0 atom stereocenters. The van der Waals surface area contributed by atoms with Gasteiger partial charge in [-0.2, -0.15) is 0 Å². The predicted octanol–water partition coefficient (Wildman–Crippen LogP) is 3.50. The van der Waals surface area contributed by atoms with E-state index in [1.807, 2.05) is 0 Å². The summed E-state index contributed by atoms with van der Waals surface area (Å²) >= 11 is 0. The van der Waals surface area contributed by atoms with Gasteiger partial charge in [-0.25, -0.2) is 13.6 Å². The van der Waals surface area contributed by atoms with Crippen molar-refractivity contribution in [1.29, 1.82) is 0 Å². The minimum Gasteiger partial charge on any atom is -0.490 e. The third-order valence-electron chi connectivity index (χ3n) is 2.80. The maximum Gasteiger partial charge on any atom is 0.411 e. The number of nitro groups is 1. The molecule has 0 unspecified atom stereocenters. The molecule has 24 heavy (non-hydrogen) atoms. The average molecular weight is 338 g/mol. The summed E-state index contributed by atoms with van der Waals surface area (Å²) in [6.45, 7) is -0.170. The summed E-state index contributed by atoms with van der Waals surface area (Å²) in [5.74, 6) is -1.13. The first-order valence-corrected chi connectivity index (χ1v) is 6.72. The second-order valence-corrected chi connectivity index (χ2v) is 4.48. The Morgan fingerprint density at radius 3 is 2.50 bits per heavy atom. The van der Waals surface area contributed by atoms with Crippen molar-refractivity contribution in [3.8, 4) is 5.75 Å². The van der Waals surface area contributed by atoms with Crippen LogP contribution < -0.4 is 10.1 Å². The molecule has 0 aliphatic carbocycles. The molecule has 2 rings (SSSR count). The van der Waals surface area contributed by atoms with E-state index >= 15 is 0 Å². The van der Waals surface area contributed by atoms with Crippen molar-refractivity contribution < 1.29 is 28.0 Å². The van der Waals surface area contributed by atoms with Crippen LogP contribution in [0.3, 0.4) is 0 Å². The molecule has 1 amide bonds. The minimum absolute atomic E-state index is 0.0170. The van der Waals surface area contributed by atoms with Gasteiger partial charge in [0.2, 0.25) is 0 Å². The topological polar surface area (TPSA) is 90.7 Å². The molecule has 7 nitrogen and oxygen atoms in total. The summed E-state index contributed by atoms with van der Waals surface area (Å²) in [4.78, 5) is 21.4. The highest BCUT2D eigenvalue weighted by molar-refractivity contribution is 5.84. The number of benzene rings is 2. The Kier molecular flexibility index (Phi) is 5.61. The lowest BCUT2D eigenvalue weighted by Crippen LogP contribution is -2.18. The van der Waals surface area contributed by atoms with E-state index in [4.69, 9.17) is 9.47 Å². The number of ether oxygens (including phenoxy) is 2. The highest BCUT2D eigenvalue weighted by Crippen LogP contribution is 2.17. The van der Waals surface area contributed by atoms with Crippen LogP contribution in [0.4, 0.5) is 25.0 Å². The maximum absolute atomic E-state index is 13.3. The molecular weight excluding hydrogens is 326 g/mol. The molecule has 0 saturated carbocycles. The van der Waals surface area contributed by atoms with Crippen LogP contribution in [0.15, 0.2) is 42.5 Å². The molecular formula is C15H12F2N2O5. The lowest BCUT2D eigenvalue weighted by atomic mass is 10.3. The lowest BCUT2D eigenvalue weighted by molar-refractivity contribution is -0.384. The number of halogens is 2. The highest BCUT2D eigenvalue weighted by atomic mass is 19.1. The molecule has 0 saturated heterocycles. The van der Waals surface area contributed by atoms with Gasteiger partial charge in [-0.15, -0.1) is 0 Å². The molecule has 2 aromatic carbocycles. The van der Waals surface area contributed by atoms with E-state index in [9.17, 15) is 23.7 Å². The van der Waals surface area contributed by atoms with E-state index in [1.54, 1.807) is 0 Å². The first kappa shape index (κ1) is 17.1. The number of nitrogens with zero attached hydrogens (tertiary/aromatic N) is 1. The van der Waals surface area contributed by atoms with Gasteiger partial charge in [0.05, 0.1) is 10.6 Å². The number of nitrogens with one attached hydrogen (secondary N) is 1. The lowest BCUT2D eigenvalue weighted by Gasteiger charge is -2.09. The predicted molar refractivity (Wildman–Crippen MR) is 79.9 cm³/mol. The van der Waals surface area contributed by atoms with E-state index < -0.39 is 22.7 Å². The molecule has 126 valence electrons. The normalized spacial score (nSPS) is 10.1. The number of carbonyl (C=O) groups is 1. The van der Waals surface area contributed by atoms with Crippen molar-refractivity contribution >= 4 is 17.5 Å². The monoisotopic (exact) mass is 338 g/mol. The number of hydrogen-bond acceptors (Lipinski definition) is 5. The zero-order valence-electron chi connectivity index (χ0n) is 12.2. The molecule has 0 aromatic heterocycles. The fraction of sp³-hybridized carbons (Fsp3) is 0.133. The smallest absolute Gasteiger partial charge is 0.411 e. The van der Waals surface area contributed by atoms with Crippen LogP contribution >= 0.6 is 0 Å². The molecule has 0 aliphatic heterocycles. The standard InChI is InChI=1S/C15H12F2N2O5/c16-10-1-6-13(17)14(9-10)18-15(20)24-8-7-23-12-4-2-11(3-5-12)19(21)22/h1-6,9H,7-8H2,(H,18,20). The highest BCUT2D eigenvalue weighted by Gasteiger charge is 2.09. The van der Waals surface area contributed by atoms with Crippen LogP contribution in [0.2, 0.25) is 0 Å². The molecule has 0 heterocycles. The van der Waals surface area contributed by atoms with Gasteiger partial charge in [0.25, 0.3) is 5.69 Å². The van der Waals surface area contributed by atoms with Crippen LogP contribution in [-0.2, 0) is 4.74 Å². The van der Waals surface area contributed by atoms with Gasteiger partial charge in [0.15, 0.2) is 0 Å². The summed E-state index contributed by atoms with van der Waals surface area (Å²) in [7, 11) is 0. The van der Waals surface area contributed by atoms with Gasteiger partial charge >= 0.3 is 6.09 Å². The second-order valence-electron chi connectivity index (χ2n) is 4.48. The van der Waals surface area contributed by atoms with E-state index in [-0.39, 0.29) is 24.6 Å². The van der Waals surface area contributed by atoms with Crippen LogP contribution in [-0.4, -0.2) is 24.2 Å². The molecule has 9 heteroatoms. The number of hydrogen-bond donors (Lipinski definition) is 1. The fourth-order valence-corrected chi connectivity index (χ4v) is 1.70. The van der Waals surface area contributed by atoms with Crippen molar-refractivity contribution in [3.63, 3.8) is 0 Å².